The fourth-order valence-electron chi connectivity index (χ4n) is 4.06. The summed E-state index contributed by atoms with van der Waals surface area (Å²) in [6, 6.07) is 0.694. The van der Waals surface area contributed by atoms with Gasteiger partial charge in [-0.25, -0.2) is 0 Å². The highest BCUT2D eigenvalue weighted by Crippen LogP contribution is 2.37. The van der Waals surface area contributed by atoms with E-state index in [0.29, 0.717) is 17.1 Å². The number of rotatable bonds is 3. The van der Waals surface area contributed by atoms with Crippen molar-refractivity contribution in [2.24, 2.45) is 0 Å². The van der Waals surface area contributed by atoms with Crippen molar-refractivity contribution in [2.75, 3.05) is 13.1 Å². The van der Waals surface area contributed by atoms with Gasteiger partial charge >= 0.3 is 0 Å². The molecule has 0 amide bonds. The van der Waals surface area contributed by atoms with E-state index in [1.165, 1.54) is 51.5 Å². The molecule has 0 aromatic heterocycles. The summed E-state index contributed by atoms with van der Waals surface area (Å²) in [6.07, 6.45) is 9.62. The Morgan fingerprint density at radius 2 is 1.72 bits per heavy atom. The van der Waals surface area contributed by atoms with Crippen molar-refractivity contribution in [3.63, 3.8) is 0 Å². The van der Waals surface area contributed by atoms with Crippen LogP contribution in [0.5, 0.6) is 0 Å². The van der Waals surface area contributed by atoms with E-state index in [1.807, 2.05) is 0 Å². The van der Waals surface area contributed by atoms with E-state index in [9.17, 15) is 0 Å². The molecular weight excluding hydrogens is 220 g/mol. The maximum absolute atomic E-state index is 3.83. The van der Waals surface area contributed by atoms with Gasteiger partial charge in [0.05, 0.1) is 0 Å². The lowest BCUT2D eigenvalue weighted by atomic mass is 9.78. The van der Waals surface area contributed by atoms with Gasteiger partial charge in [0.1, 0.15) is 0 Å². The van der Waals surface area contributed by atoms with Gasteiger partial charge < -0.3 is 5.32 Å². The van der Waals surface area contributed by atoms with Crippen LogP contribution in [0.3, 0.4) is 0 Å². The monoisotopic (exact) mass is 252 g/mol. The Morgan fingerprint density at radius 3 is 2.28 bits per heavy atom. The van der Waals surface area contributed by atoms with Crippen molar-refractivity contribution in [1.82, 2.24) is 10.2 Å². The van der Waals surface area contributed by atoms with Gasteiger partial charge in [-0.2, -0.15) is 0 Å². The molecular formula is C16H32N2. The lowest BCUT2D eigenvalue weighted by molar-refractivity contribution is -0.0238. The van der Waals surface area contributed by atoms with E-state index < -0.39 is 0 Å². The summed E-state index contributed by atoms with van der Waals surface area (Å²) in [5.41, 5.74) is 0.836. The molecule has 1 atom stereocenters. The number of nitrogens with zero attached hydrogens (tertiary/aromatic N) is 1. The number of hydrogen-bond donors (Lipinski definition) is 1. The lowest BCUT2D eigenvalue weighted by Gasteiger charge is -2.55. The molecule has 0 aromatic carbocycles. The van der Waals surface area contributed by atoms with Crippen LogP contribution in [0, 0.1) is 0 Å². The number of piperazine rings is 1. The zero-order chi connectivity index (χ0) is 13.2. The Hall–Kier alpha value is -0.0800. The molecule has 2 nitrogen and oxygen atoms in total. The molecule has 1 saturated carbocycles. The Balaban J connectivity index is 2.14. The zero-order valence-corrected chi connectivity index (χ0v) is 12.9. The van der Waals surface area contributed by atoms with Crippen LogP contribution in [-0.2, 0) is 0 Å². The molecule has 0 spiro atoms. The fraction of sp³-hybridized carbons (Fsp3) is 1.00. The first-order chi connectivity index (χ1) is 8.55. The van der Waals surface area contributed by atoms with E-state index in [4.69, 9.17) is 0 Å². The molecule has 1 aliphatic heterocycles. The second-order valence-corrected chi connectivity index (χ2v) is 6.90. The third kappa shape index (κ3) is 2.60. The minimum atomic E-state index is 0.368. The lowest BCUT2D eigenvalue weighted by Crippen LogP contribution is -2.68. The van der Waals surface area contributed by atoms with Crippen LogP contribution in [0.25, 0.3) is 0 Å². The SMILES string of the molecule is CCC1(CC)CN(C2(C)CCCCC2)C(C)CN1. The summed E-state index contributed by atoms with van der Waals surface area (Å²) in [6.45, 7) is 12.0. The second kappa shape index (κ2) is 5.50. The minimum absolute atomic E-state index is 0.368. The average molecular weight is 252 g/mol. The highest BCUT2D eigenvalue weighted by atomic mass is 15.3. The Bertz CT molecular complexity index is 264. The molecule has 0 bridgehead atoms. The van der Waals surface area contributed by atoms with Gasteiger partial charge in [-0.1, -0.05) is 33.1 Å². The van der Waals surface area contributed by atoms with E-state index in [0.717, 1.165) is 6.54 Å². The molecule has 18 heavy (non-hydrogen) atoms. The average Bonchev–Trinajstić information content (AvgIpc) is 2.40. The molecule has 2 aliphatic rings. The quantitative estimate of drug-likeness (QED) is 0.826. The van der Waals surface area contributed by atoms with E-state index >= 15 is 0 Å². The molecule has 106 valence electrons. The smallest absolute Gasteiger partial charge is 0.0304 e. The van der Waals surface area contributed by atoms with E-state index in [1.54, 1.807) is 0 Å². The number of nitrogens with one attached hydrogen (secondary N) is 1. The molecule has 0 radical (unpaired) electrons. The molecule has 2 rings (SSSR count). The zero-order valence-electron chi connectivity index (χ0n) is 12.9. The third-order valence-electron chi connectivity index (χ3n) is 5.76. The summed E-state index contributed by atoms with van der Waals surface area (Å²) in [5, 5.41) is 3.83. The fourth-order valence-corrected chi connectivity index (χ4v) is 4.06. The van der Waals surface area contributed by atoms with Crippen molar-refractivity contribution in [3.05, 3.63) is 0 Å². The summed E-state index contributed by atoms with van der Waals surface area (Å²) in [7, 11) is 0. The summed E-state index contributed by atoms with van der Waals surface area (Å²) in [5.74, 6) is 0. The van der Waals surface area contributed by atoms with Crippen LogP contribution in [0.15, 0.2) is 0 Å². The Kier molecular flexibility index (Phi) is 4.38. The first-order valence-corrected chi connectivity index (χ1v) is 8.07. The number of hydrogen-bond acceptors (Lipinski definition) is 2. The highest BCUT2D eigenvalue weighted by molar-refractivity contribution is 5.02. The van der Waals surface area contributed by atoms with Gasteiger partial charge in [0.25, 0.3) is 0 Å². The van der Waals surface area contributed by atoms with E-state index in [-0.39, 0.29) is 0 Å². The molecule has 1 unspecified atom stereocenters. The summed E-state index contributed by atoms with van der Waals surface area (Å²) >= 11 is 0. The maximum atomic E-state index is 3.83. The largest absolute Gasteiger partial charge is 0.308 e. The van der Waals surface area contributed by atoms with Gasteiger partial charge in [-0.3, -0.25) is 4.90 Å². The van der Waals surface area contributed by atoms with Crippen molar-refractivity contribution < 1.29 is 0 Å². The summed E-state index contributed by atoms with van der Waals surface area (Å²) < 4.78 is 0. The van der Waals surface area contributed by atoms with Crippen LogP contribution in [0.1, 0.15) is 72.6 Å². The predicted molar refractivity (Wildman–Crippen MR) is 79.0 cm³/mol. The van der Waals surface area contributed by atoms with Crippen molar-refractivity contribution in [2.45, 2.75) is 89.8 Å². The van der Waals surface area contributed by atoms with Gasteiger partial charge in [0.15, 0.2) is 0 Å². The van der Waals surface area contributed by atoms with Crippen LogP contribution >= 0.6 is 0 Å². The van der Waals surface area contributed by atoms with Crippen LogP contribution in [-0.4, -0.2) is 35.1 Å². The van der Waals surface area contributed by atoms with Gasteiger partial charge in [0, 0.05) is 30.2 Å². The highest BCUT2D eigenvalue weighted by Gasteiger charge is 2.43. The first-order valence-electron chi connectivity index (χ1n) is 8.07. The van der Waals surface area contributed by atoms with Gasteiger partial charge in [0.2, 0.25) is 0 Å². The molecule has 1 aliphatic carbocycles. The molecule has 1 N–H and O–H groups in total. The van der Waals surface area contributed by atoms with E-state index in [2.05, 4.69) is 37.9 Å². The molecule has 2 fully saturated rings. The Morgan fingerprint density at radius 1 is 1.11 bits per heavy atom. The topological polar surface area (TPSA) is 15.3 Å². The second-order valence-electron chi connectivity index (χ2n) is 6.90. The minimum Gasteiger partial charge on any atom is -0.308 e. The molecule has 1 heterocycles. The predicted octanol–water partition coefficient (Wildman–Crippen LogP) is 3.56. The van der Waals surface area contributed by atoms with Crippen LogP contribution < -0.4 is 5.32 Å². The van der Waals surface area contributed by atoms with Gasteiger partial charge in [-0.05, 0) is 39.5 Å². The Labute approximate surface area is 114 Å². The van der Waals surface area contributed by atoms with Gasteiger partial charge in [-0.15, -0.1) is 0 Å². The molecule has 2 heteroatoms. The van der Waals surface area contributed by atoms with Crippen LogP contribution in [0.2, 0.25) is 0 Å². The molecule has 0 aromatic rings. The normalized spacial score (nSPS) is 32.3. The van der Waals surface area contributed by atoms with Crippen molar-refractivity contribution in [1.29, 1.82) is 0 Å². The van der Waals surface area contributed by atoms with Crippen molar-refractivity contribution in [3.8, 4) is 0 Å². The molecule has 1 saturated heterocycles. The summed E-state index contributed by atoms with van der Waals surface area (Å²) in [4.78, 5) is 2.84. The maximum Gasteiger partial charge on any atom is 0.0304 e. The third-order valence-corrected chi connectivity index (χ3v) is 5.76. The van der Waals surface area contributed by atoms with Crippen molar-refractivity contribution >= 4 is 0 Å². The first kappa shape index (κ1) is 14.3. The van der Waals surface area contributed by atoms with Crippen LogP contribution in [0.4, 0.5) is 0 Å². The standard InChI is InChI=1S/C16H32N2/c1-5-16(6-2)13-18(14(3)12-17-16)15(4)10-8-7-9-11-15/h14,17H,5-13H2,1-4H3.